The fourth-order valence-electron chi connectivity index (χ4n) is 2.87. The quantitative estimate of drug-likeness (QED) is 0.838. The summed E-state index contributed by atoms with van der Waals surface area (Å²) < 4.78 is 37.8. The van der Waals surface area contributed by atoms with Crippen molar-refractivity contribution in [2.24, 2.45) is 5.92 Å². The lowest BCUT2D eigenvalue weighted by molar-refractivity contribution is 0.263. The molecule has 1 N–H and O–H groups in total. The van der Waals surface area contributed by atoms with Gasteiger partial charge in [-0.3, -0.25) is 0 Å². The molecule has 0 aliphatic carbocycles. The van der Waals surface area contributed by atoms with E-state index in [1.54, 1.807) is 0 Å². The van der Waals surface area contributed by atoms with E-state index >= 15 is 0 Å². The topological polar surface area (TPSA) is 67.9 Å². The van der Waals surface area contributed by atoms with E-state index in [1.165, 1.54) is 30.7 Å². The Kier molecular flexibility index (Phi) is 6.13. The van der Waals surface area contributed by atoms with Gasteiger partial charge in [0.2, 0.25) is 10.0 Å². The number of piperidine rings is 1. The maximum atomic E-state index is 13.0. The molecule has 6 nitrogen and oxygen atoms in total. The average Bonchev–Trinajstić information content (AvgIpc) is 2.54. The first-order chi connectivity index (χ1) is 10.9. The number of hydrogen-bond donors (Lipinski definition) is 1. The minimum atomic E-state index is -3.66. The first-order valence-electron chi connectivity index (χ1n) is 7.50. The summed E-state index contributed by atoms with van der Waals surface area (Å²) in [6, 6.07) is 2.90. The van der Waals surface area contributed by atoms with Crippen LogP contribution < -0.4 is 14.8 Å². The molecule has 0 bridgehead atoms. The van der Waals surface area contributed by atoms with E-state index in [2.05, 4.69) is 5.32 Å². The van der Waals surface area contributed by atoms with E-state index < -0.39 is 10.0 Å². The molecule has 1 heterocycles. The average molecular weight is 363 g/mol. The number of sulfonamides is 1. The number of halogens is 1. The van der Waals surface area contributed by atoms with Crippen molar-refractivity contribution in [3.63, 3.8) is 0 Å². The van der Waals surface area contributed by atoms with Crippen LogP contribution in [0, 0.1) is 5.92 Å². The van der Waals surface area contributed by atoms with Crippen molar-refractivity contribution >= 4 is 21.6 Å². The van der Waals surface area contributed by atoms with Crippen LogP contribution in [0.1, 0.15) is 12.8 Å². The van der Waals surface area contributed by atoms with Gasteiger partial charge in [-0.2, -0.15) is 4.31 Å². The smallest absolute Gasteiger partial charge is 0.244 e. The molecule has 0 spiro atoms. The summed E-state index contributed by atoms with van der Waals surface area (Å²) in [6.07, 6.45) is 1.86. The van der Waals surface area contributed by atoms with Crippen LogP contribution in [0.4, 0.5) is 0 Å². The van der Waals surface area contributed by atoms with Crippen molar-refractivity contribution in [2.45, 2.75) is 17.7 Å². The van der Waals surface area contributed by atoms with Gasteiger partial charge in [0.1, 0.15) is 4.90 Å². The third-order valence-corrected chi connectivity index (χ3v) is 6.36. The number of methoxy groups -OCH3 is 2. The van der Waals surface area contributed by atoms with Crippen LogP contribution in [0.5, 0.6) is 11.5 Å². The molecule has 2 rings (SSSR count). The number of nitrogens with one attached hydrogen (secondary N) is 1. The Hall–Kier alpha value is -1.02. The number of hydrogen-bond acceptors (Lipinski definition) is 5. The van der Waals surface area contributed by atoms with Crippen LogP contribution in [0.3, 0.4) is 0 Å². The lowest BCUT2D eigenvalue weighted by Gasteiger charge is -2.32. The highest BCUT2D eigenvalue weighted by atomic mass is 35.5. The van der Waals surface area contributed by atoms with E-state index in [9.17, 15) is 8.42 Å². The minimum Gasteiger partial charge on any atom is -0.493 e. The molecule has 1 aliphatic heterocycles. The second-order valence-electron chi connectivity index (χ2n) is 5.57. The molecule has 0 amide bonds. The molecule has 1 unspecified atom stereocenters. The van der Waals surface area contributed by atoms with Crippen molar-refractivity contribution in [2.75, 3.05) is 40.9 Å². The lowest BCUT2D eigenvalue weighted by atomic mass is 10.00. The molecule has 23 heavy (non-hydrogen) atoms. The van der Waals surface area contributed by atoms with Gasteiger partial charge in [0.05, 0.1) is 19.2 Å². The fourth-order valence-corrected chi connectivity index (χ4v) is 4.93. The second-order valence-corrected chi connectivity index (χ2v) is 7.88. The van der Waals surface area contributed by atoms with E-state index in [4.69, 9.17) is 21.1 Å². The van der Waals surface area contributed by atoms with Gasteiger partial charge in [-0.25, -0.2) is 8.42 Å². The third-order valence-electron chi connectivity index (χ3n) is 4.03. The normalized spacial score (nSPS) is 19.6. The summed E-state index contributed by atoms with van der Waals surface area (Å²) in [5, 5.41) is 3.25. The van der Waals surface area contributed by atoms with Crippen LogP contribution in [0.25, 0.3) is 0 Å². The second kappa shape index (κ2) is 7.70. The van der Waals surface area contributed by atoms with E-state index in [1.807, 2.05) is 7.05 Å². The van der Waals surface area contributed by atoms with Crippen LogP contribution in [0.15, 0.2) is 17.0 Å². The Morgan fingerprint density at radius 1 is 1.30 bits per heavy atom. The van der Waals surface area contributed by atoms with Crippen molar-refractivity contribution in [3.05, 3.63) is 17.2 Å². The highest BCUT2D eigenvalue weighted by Gasteiger charge is 2.32. The Morgan fingerprint density at radius 2 is 1.96 bits per heavy atom. The fraction of sp³-hybridized carbons (Fsp3) is 0.600. The zero-order chi connectivity index (χ0) is 17.0. The predicted octanol–water partition coefficient (Wildman–Crippen LogP) is 1.98. The molecule has 1 fully saturated rings. The molecule has 1 aliphatic rings. The number of benzene rings is 1. The van der Waals surface area contributed by atoms with Crippen LogP contribution in [-0.2, 0) is 10.0 Å². The van der Waals surface area contributed by atoms with Crippen LogP contribution >= 0.6 is 11.6 Å². The molecule has 0 saturated carbocycles. The lowest BCUT2D eigenvalue weighted by Crippen LogP contribution is -2.42. The molecule has 8 heteroatoms. The standard InChI is InChI=1S/C15H23ClN2O4S/c1-17-9-11-5-4-6-18(10-11)23(19,20)15-8-14(22-3)13(21-2)7-12(15)16/h7-8,11,17H,4-6,9-10H2,1-3H3. The zero-order valence-corrected chi connectivity index (χ0v) is 15.2. The predicted molar refractivity (Wildman–Crippen MR) is 90.0 cm³/mol. The Morgan fingerprint density at radius 3 is 2.57 bits per heavy atom. The highest BCUT2D eigenvalue weighted by Crippen LogP contribution is 2.37. The summed E-state index contributed by atoms with van der Waals surface area (Å²) in [6.45, 7) is 1.80. The van der Waals surface area contributed by atoms with Crippen LogP contribution in [0.2, 0.25) is 5.02 Å². The molecular formula is C15H23ClN2O4S. The summed E-state index contributed by atoms with van der Waals surface area (Å²) in [5.74, 6) is 1.06. The van der Waals surface area contributed by atoms with Gasteiger partial charge in [-0.15, -0.1) is 0 Å². The van der Waals surface area contributed by atoms with Gasteiger partial charge >= 0.3 is 0 Å². The highest BCUT2D eigenvalue weighted by molar-refractivity contribution is 7.89. The van der Waals surface area contributed by atoms with Gasteiger partial charge < -0.3 is 14.8 Å². The van der Waals surface area contributed by atoms with Crippen LogP contribution in [-0.4, -0.2) is 53.6 Å². The summed E-state index contributed by atoms with van der Waals surface area (Å²) >= 11 is 6.18. The van der Waals surface area contributed by atoms with Crippen molar-refractivity contribution in [1.82, 2.24) is 9.62 Å². The first kappa shape index (κ1) is 18.3. The zero-order valence-electron chi connectivity index (χ0n) is 13.6. The molecule has 1 aromatic rings. The molecular weight excluding hydrogens is 340 g/mol. The largest absolute Gasteiger partial charge is 0.493 e. The molecule has 1 saturated heterocycles. The third kappa shape index (κ3) is 3.91. The van der Waals surface area contributed by atoms with Gasteiger partial charge in [0, 0.05) is 25.2 Å². The van der Waals surface area contributed by atoms with Crippen molar-refractivity contribution < 1.29 is 17.9 Å². The Balaban J connectivity index is 2.35. The van der Waals surface area contributed by atoms with E-state index in [0.29, 0.717) is 30.5 Å². The summed E-state index contributed by atoms with van der Waals surface area (Å²) in [4.78, 5) is 0.0573. The van der Waals surface area contributed by atoms with Gasteiger partial charge in [0.25, 0.3) is 0 Å². The van der Waals surface area contributed by atoms with E-state index in [-0.39, 0.29) is 9.92 Å². The maximum Gasteiger partial charge on any atom is 0.244 e. The summed E-state index contributed by atoms with van der Waals surface area (Å²) in [7, 11) is 1.16. The maximum absolute atomic E-state index is 13.0. The molecule has 0 aromatic heterocycles. The van der Waals surface area contributed by atoms with Crippen molar-refractivity contribution in [1.29, 1.82) is 0 Å². The van der Waals surface area contributed by atoms with Gasteiger partial charge in [-0.1, -0.05) is 11.6 Å². The minimum absolute atomic E-state index is 0.0573. The first-order valence-corrected chi connectivity index (χ1v) is 9.32. The number of rotatable bonds is 6. The van der Waals surface area contributed by atoms with Gasteiger partial charge in [-0.05, 0) is 32.4 Å². The van der Waals surface area contributed by atoms with Gasteiger partial charge in [0.15, 0.2) is 11.5 Å². The summed E-state index contributed by atoms with van der Waals surface area (Å²) in [5.41, 5.74) is 0. The molecule has 0 radical (unpaired) electrons. The molecule has 1 atom stereocenters. The molecule has 1 aromatic carbocycles. The van der Waals surface area contributed by atoms with E-state index in [0.717, 1.165) is 19.4 Å². The number of ether oxygens (including phenoxy) is 2. The number of nitrogens with zero attached hydrogens (tertiary/aromatic N) is 1. The Labute approximate surface area is 142 Å². The monoisotopic (exact) mass is 362 g/mol. The Bertz CT molecular complexity index is 649. The molecule has 130 valence electrons. The van der Waals surface area contributed by atoms with Crippen molar-refractivity contribution in [3.8, 4) is 11.5 Å². The SMILES string of the molecule is CNCC1CCCN(S(=O)(=O)c2cc(OC)c(OC)cc2Cl)C1.